The van der Waals surface area contributed by atoms with Crippen LogP contribution in [0.2, 0.25) is 0 Å². The van der Waals surface area contributed by atoms with Crippen LogP contribution in [-0.2, 0) is 12.5 Å². The minimum Gasteiger partial charge on any atom is -0.293 e. The fourth-order valence-electron chi connectivity index (χ4n) is 3.46. The maximum atomic E-state index is 6.07. The third-order valence-electron chi connectivity index (χ3n) is 4.76. The van der Waals surface area contributed by atoms with Crippen molar-refractivity contribution in [2.24, 2.45) is 5.92 Å². The van der Waals surface area contributed by atoms with E-state index in [9.17, 15) is 0 Å². The molecule has 0 aromatic rings. The molecule has 0 aliphatic carbocycles. The van der Waals surface area contributed by atoms with Gasteiger partial charge in [-0.1, -0.05) is 78.1 Å². The molecular formula is C22H48O3S. The molecule has 0 radical (unpaired) electrons. The van der Waals surface area contributed by atoms with Crippen LogP contribution in [0.1, 0.15) is 112 Å². The summed E-state index contributed by atoms with van der Waals surface area (Å²) in [5.41, 5.74) is 0. The average molecular weight is 393 g/mol. The van der Waals surface area contributed by atoms with Crippen molar-refractivity contribution in [1.82, 2.24) is 0 Å². The summed E-state index contributed by atoms with van der Waals surface area (Å²) in [6, 6.07) is 0. The van der Waals surface area contributed by atoms with Crippen molar-refractivity contribution in [2.75, 3.05) is 25.6 Å². The van der Waals surface area contributed by atoms with Gasteiger partial charge in [0.05, 0.1) is 30.7 Å². The highest BCUT2D eigenvalue weighted by atomic mass is 32.3. The molecule has 0 aromatic carbocycles. The number of hydrogen-bond donors (Lipinski definition) is 0. The van der Waals surface area contributed by atoms with E-state index in [0.29, 0.717) is 25.7 Å². The molecule has 0 N–H and O–H groups in total. The maximum absolute atomic E-state index is 6.07. The van der Waals surface area contributed by atoms with E-state index in [-0.39, 0.29) is 0 Å². The first-order chi connectivity index (χ1) is 12.7. The number of rotatable bonds is 20. The molecule has 0 saturated carbocycles. The monoisotopic (exact) mass is 392 g/mol. The Hall–Kier alpha value is 0.230. The lowest BCUT2D eigenvalue weighted by atomic mass is 9.96. The lowest BCUT2D eigenvalue weighted by Crippen LogP contribution is -2.22. The van der Waals surface area contributed by atoms with Crippen LogP contribution in [0, 0.1) is 5.92 Å². The normalized spacial score (nSPS) is 12.8. The van der Waals surface area contributed by atoms with Crippen LogP contribution in [0.15, 0.2) is 0 Å². The van der Waals surface area contributed by atoms with Gasteiger partial charge in [-0.2, -0.15) is 0 Å². The Kier molecular flexibility index (Phi) is 18.8. The van der Waals surface area contributed by atoms with E-state index in [0.717, 1.165) is 5.75 Å². The van der Waals surface area contributed by atoms with Crippen molar-refractivity contribution < 1.29 is 12.5 Å². The van der Waals surface area contributed by atoms with Gasteiger partial charge >= 0.3 is 0 Å². The molecule has 0 aliphatic heterocycles. The third-order valence-corrected chi connectivity index (χ3v) is 7.43. The van der Waals surface area contributed by atoms with Crippen LogP contribution < -0.4 is 0 Å². The van der Waals surface area contributed by atoms with E-state index >= 15 is 0 Å². The van der Waals surface area contributed by atoms with E-state index in [1.54, 1.807) is 0 Å². The summed E-state index contributed by atoms with van der Waals surface area (Å²) in [7, 11) is -1.84. The highest BCUT2D eigenvalue weighted by Crippen LogP contribution is 2.53. The van der Waals surface area contributed by atoms with Crippen LogP contribution in [-0.4, -0.2) is 25.6 Å². The van der Waals surface area contributed by atoms with Crippen LogP contribution in [0.25, 0.3) is 0 Å². The van der Waals surface area contributed by atoms with E-state index in [2.05, 4.69) is 13.8 Å². The molecule has 3 nitrogen and oxygen atoms in total. The second-order valence-corrected chi connectivity index (χ2v) is 9.37. The van der Waals surface area contributed by atoms with Gasteiger partial charge in [-0.15, -0.1) is 0 Å². The van der Waals surface area contributed by atoms with Gasteiger partial charge in [-0.25, -0.2) is 0 Å². The van der Waals surface area contributed by atoms with Crippen molar-refractivity contribution in [2.45, 2.75) is 112 Å². The number of hydrogen-bond acceptors (Lipinski definition) is 3. The molecule has 0 bridgehead atoms. The van der Waals surface area contributed by atoms with Gasteiger partial charge < -0.3 is 0 Å². The standard InChI is InChI=1S/C22H48O3S/c1-6-11-13-15-17-19-22(20-18-16-14-12-7-2)21-26(23-8-3,24-9-4)25-10-5/h22H,6-21H2,1-5H3. The molecule has 0 spiro atoms. The smallest absolute Gasteiger partial charge is 0.0890 e. The van der Waals surface area contributed by atoms with E-state index in [1.807, 2.05) is 20.8 Å². The van der Waals surface area contributed by atoms with Crippen LogP contribution in [0.5, 0.6) is 0 Å². The van der Waals surface area contributed by atoms with Gasteiger partial charge in [0.25, 0.3) is 0 Å². The second-order valence-electron chi connectivity index (χ2n) is 7.22. The highest BCUT2D eigenvalue weighted by Gasteiger charge is 2.30. The van der Waals surface area contributed by atoms with Gasteiger partial charge in [0, 0.05) is 5.75 Å². The lowest BCUT2D eigenvalue weighted by Gasteiger charge is -2.39. The molecule has 0 heterocycles. The van der Waals surface area contributed by atoms with Gasteiger partial charge in [0.15, 0.2) is 0 Å². The minimum absolute atomic E-state index is 0.662. The zero-order chi connectivity index (χ0) is 19.5. The highest BCUT2D eigenvalue weighted by molar-refractivity contribution is 8.21. The molecule has 0 aromatic heterocycles. The Balaban J connectivity index is 4.66. The van der Waals surface area contributed by atoms with Crippen LogP contribution in [0.3, 0.4) is 0 Å². The Morgan fingerprint density at radius 3 is 1.27 bits per heavy atom. The van der Waals surface area contributed by atoms with E-state index in [4.69, 9.17) is 12.5 Å². The third kappa shape index (κ3) is 13.4. The SMILES string of the molecule is CCCCCCCC(CCCCCCC)CS(OCC)(OCC)OCC. The van der Waals surface area contributed by atoms with Crippen molar-refractivity contribution in [3.05, 3.63) is 0 Å². The summed E-state index contributed by atoms with van der Waals surface area (Å²) in [4.78, 5) is 0. The molecule has 0 atom stereocenters. The zero-order valence-electron chi connectivity index (χ0n) is 18.5. The summed E-state index contributed by atoms with van der Waals surface area (Å²) < 4.78 is 18.2. The predicted molar refractivity (Wildman–Crippen MR) is 118 cm³/mol. The van der Waals surface area contributed by atoms with Gasteiger partial charge in [-0.05, 0) is 39.5 Å². The van der Waals surface area contributed by atoms with Crippen LogP contribution >= 0.6 is 10.9 Å². The maximum Gasteiger partial charge on any atom is 0.0890 e. The second kappa shape index (κ2) is 18.6. The molecule has 0 fully saturated rings. The molecule has 0 unspecified atom stereocenters. The molecule has 0 saturated heterocycles. The summed E-state index contributed by atoms with van der Waals surface area (Å²) in [5, 5.41) is 0. The van der Waals surface area contributed by atoms with Gasteiger partial charge in [-0.3, -0.25) is 12.5 Å². The molecule has 0 amide bonds. The summed E-state index contributed by atoms with van der Waals surface area (Å²) in [6.07, 6.45) is 16.1. The van der Waals surface area contributed by atoms with Crippen molar-refractivity contribution in [3.8, 4) is 0 Å². The fourth-order valence-corrected chi connectivity index (χ4v) is 5.94. The molecule has 26 heavy (non-hydrogen) atoms. The van der Waals surface area contributed by atoms with Gasteiger partial charge in [0.2, 0.25) is 0 Å². The van der Waals surface area contributed by atoms with E-state index < -0.39 is 10.9 Å². The molecular weight excluding hydrogens is 344 g/mol. The van der Waals surface area contributed by atoms with Crippen molar-refractivity contribution >= 4 is 10.9 Å². The lowest BCUT2D eigenvalue weighted by molar-refractivity contribution is 0.180. The quantitative estimate of drug-likeness (QED) is 0.196. The first-order valence-electron chi connectivity index (χ1n) is 11.4. The topological polar surface area (TPSA) is 27.7 Å². The summed E-state index contributed by atoms with van der Waals surface area (Å²) >= 11 is 0. The Morgan fingerprint density at radius 1 is 0.538 bits per heavy atom. The molecule has 0 aliphatic rings. The van der Waals surface area contributed by atoms with Crippen molar-refractivity contribution in [3.63, 3.8) is 0 Å². The largest absolute Gasteiger partial charge is 0.293 e. The van der Waals surface area contributed by atoms with Crippen LogP contribution in [0.4, 0.5) is 0 Å². The first-order valence-corrected chi connectivity index (χ1v) is 13.0. The molecule has 0 rings (SSSR count). The molecule has 4 heteroatoms. The Morgan fingerprint density at radius 2 is 0.923 bits per heavy atom. The average Bonchev–Trinajstić information content (AvgIpc) is 2.61. The van der Waals surface area contributed by atoms with Crippen molar-refractivity contribution in [1.29, 1.82) is 0 Å². The summed E-state index contributed by atoms with van der Waals surface area (Å²) in [5.74, 6) is 1.61. The minimum atomic E-state index is -1.84. The Bertz CT molecular complexity index is 256. The number of unbranched alkanes of at least 4 members (excludes halogenated alkanes) is 8. The van der Waals surface area contributed by atoms with Gasteiger partial charge in [0.1, 0.15) is 0 Å². The fraction of sp³-hybridized carbons (Fsp3) is 1.00. The zero-order valence-corrected chi connectivity index (χ0v) is 19.3. The Labute approximate surface area is 166 Å². The van der Waals surface area contributed by atoms with E-state index in [1.165, 1.54) is 77.0 Å². The first kappa shape index (κ1) is 26.2. The molecule has 160 valence electrons. The predicted octanol–water partition coefficient (Wildman–Crippen LogP) is 7.98. The summed E-state index contributed by atoms with van der Waals surface area (Å²) in [6.45, 7) is 12.7.